The number of carbonyl (C=O) groups is 1. The van der Waals surface area contributed by atoms with Crippen LogP contribution in [-0.2, 0) is 11.3 Å². The van der Waals surface area contributed by atoms with Crippen molar-refractivity contribution in [1.29, 1.82) is 0 Å². The largest absolute Gasteiger partial charge is 0.506 e. The lowest BCUT2D eigenvalue weighted by Gasteiger charge is -2.12. The minimum Gasteiger partial charge on any atom is -0.506 e. The van der Waals surface area contributed by atoms with Gasteiger partial charge in [-0.15, -0.1) is 0 Å². The molecule has 0 aliphatic heterocycles. The van der Waals surface area contributed by atoms with Crippen molar-refractivity contribution < 1.29 is 14.6 Å². The number of halogens is 1. The van der Waals surface area contributed by atoms with Gasteiger partial charge < -0.3 is 15.2 Å². The van der Waals surface area contributed by atoms with Gasteiger partial charge >= 0.3 is 5.97 Å². The molecule has 0 fully saturated rings. The van der Waals surface area contributed by atoms with E-state index in [1.807, 2.05) is 6.07 Å². The summed E-state index contributed by atoms with van der Waals surface area (Å²) in [5.74, 6) is -0.374. The Kier molecular flexibility index (Phi) is 4.48. The number of hydrogen-bond donors (Lipinski definition) is 2. The predicted octanol–water partition coefficient (Wildman–Crippen LogP) is 3.44. The van der Waals surface area contributed by atoms with Crippen molar-refractivity contribution in [1.82, 2.24) is 0 Å². The molecule has 20 heavy (non-hydrogen) atoms. The van der Waals surface area contributed by atoms with E-state index in [2.05, 4.69) is 5.32 Å². The van der Waals surface area contributed by atoms with Gasteiger partial charge in [-0.1, -0.05) is 35.9 Å². The molecule has 2 N–H and O–H groups in total. The van der Waals surface area contributed by atoms with Gasteiger partial charge in [0.15, 0.2) is 0 Å². The number of benzene rings is 2. The normalized spacial score (nSPS) is 10.1. The molecule has 0 aliphatic carbocycles. The molecule has 0 radical (unpaired) electrons. The third-order valence-electron chi connectivity index (χ3n) is 2.87. The second kappa shape index (κ2) is 6.30. The molecule has 0 saturated carbocycles. The molecule has 0 spiro atoms. The summed E-state index contributed by atoms with van der Waals surface area (Å²) in [7, 11) is 1.34. The number of carbonyl (C=O) groups excluding carboxylic acids is 1. The van der Waals surface area contributed by atoms with Crippen LogP contribution in [0.2, 0.25) is 5.02 Å². The van der Waals surface area contributed by atoms with E-state index in [0.29, 0.717) is 28.4 Å². The number of aromatic hydroxyl groups is 1. The lowest BCUT2D eigenvalue weighted by atomic mass is 10.1. The van der Waals surface area contributed by atoms with Gasteiger partial charge in [0, 0.05) is 17.8 Å². The molecule has 104 valence electrons. The van der Waals surface area contributed by atoms with Crippen LogP contribution in [-0.4, -0.2) is 18.2 Å². The molecular weight excluding hydrogens is 278 g/mol. The molecule has 0 heterocycles. The van der Waals surface area contributed by atoms with Gasteiger partial charge in [0.25, 0.3) is 0 Å². The van der Waals surface area contributed by atoms with Crippen molar-refractivity contribution in [2.45, 2.75) is 6.54 Å². The summed E-state index contributed by atoms with van der Waals surface area (Å²) >= 11 is 5.85. The first kappa shape index (κ1) is 14.2. The quantitative estimate of drug-likeness (QED) is 0.847. The SMILES string of the molecule is COC(=O)c1ccccc1NCc1cccc(Cl)c1O. The number of esters is 1. The molecule has 0 aromatic heterocycles. The highest BCUT2D eigenvalue weighted by molar-refractivity contribution is 6.32. The van der Waals surface area contributed by atoms with Crippen molar-refractivity contribution in [2.24, 2.45) is 0 Å². The molecule has 5 heteroatoms. The molecule has 0 atom stereocenters. The Bertz CT molecular complexity index is 628. The van der Waals surface area contributed by atoms with E-state index in [1.54, 1.807) is 36.4 Å². The summed E-state index contributed by atoms with van der Waals surface area (Å²) in [6.45, 7) is 0.348. The van der Waals surface area contributed by atoms with Crippen LogP contribution in [0.25, 0.3) is 0 Å². The van der Waals surface area contributed by atoms with Crippen molar-refractivity contribution in [2.75, 3.05) is 12.4 Å². The van der Waals surface area contributed by atoms with Crippen LogP contribution in [0, 0.1) is 0 Å². The van der Waals surface area contributed by atoms with E-state index in [-0.39, 0.29) is 5.75 Å². The fourth-order valence-corrected chi connectivity index (χ4v) is 2.01. The molecule has 0 saturated heterocycles. The van der Waals surface area contributed by atoms with E-state index in [1.165, 1.54) is 7.11 Å². The summed E-state index contributed by atoms with van der Waals surface area (Å²) in [4.78, 5) is 11.6. The number of phenols is 1. The molecule has 2 aromatic carbocycles. The van der Waals surface area contributed by atoms with Gasteiger partial charge in [0.1, 0.15) is 5.75 Å². The van der Waals surface area contributed by atoms with Crippen molar-refractivity contribution in [3.8, 4) is 5.75 Å². The molecular formula is C15H14ClNO3. The first-order valence-corrected chi connectivity index (χ1v) is 6.39. The van der Waals surface area contributed by atoms with Gasteiger partial charge in [-0.05, 0) is 18.2 Å². The monoisotopic (exact) mass is 291 g/mol. The van der Waals surface area contributed by atoms with E-state index < -0.39 is 5.97 Å². The second-order valence-electron chi connectivity index (χ2n) is 4.14. The van der Waals surface area contributed by atoms with Crippen LogP contribution in [0.1, 0.15) is 15.9 Å². The fraction of sp³-hybridized carbons (Fsp3) is 0.133. The number of phenolic OH excluding ortho intramolecular Hbond substituents is 1. The highest BCUT2D eigenvalue weighted by Crippen LogP contribution is 2.28. The molecule has 2 aromatic rings. The Morgan fingerprint density at radius 3 is 2.75 bits per heavy atom. The van der Waals surface area contributed by atoms with Crippen molar-refractivity contribution >= 4 is 23.3 Å². The first-order chi connectivity index (χ1) is 9.63. The van der Waals surface area contributed by atoms with E-state index in [4.69, 9.17) is 16.3 Å². The number of rotatable bonds is 4. The molecule has 2 rings (SSSR count). The van der Waals surface area contributed by atoms with Crippen LogP contribution >= 0.6 is 11.6 Å². The topological polar surface area (TPSA) is 58.6 Å². The number of ether oxygens (including phenoxy) is 1. The molecule has 0 bridgehead atoms. The zero-order valence-corrected chi connectivity index (χ0v) is 11.6. The zero-order valence-electron chi connectivity index (χ0n) is 10.9. The van der Waals surface area contributed by atoms with Crippen LogP contribution < -0.4 is 5.32 Å². The van der Waals surface area contributed by atoms with E-state index >= 15 is 0 Å². The average Bonchev–Trinajstić information content (AvgIpc) is 2.48. The predicted molar refractivity (Wildman–Crippen MR) is 78.2 cm³/mol. The lowest BCUT2D eigenvalue weighted by Crippen LogP contribution is -2.08. The number of methoxy groups -OCH3 is 1. The van der Waals surface area contributed by atoms with Crippen LogP contribution in [0.15, 0.2) is 42.5 Å². The maximum Gasteiger partial charge on any atom is 0.339 e. The molecule has 4 nitrogen and oxygen atoms in total. The minimum atomic E-state index is -0.414. The van der Waals surface area contributed by atoms with Crippen LogP contribution in [0.4, 0.5) is 5.69 Å². The Hall–Kier alpha value is -2.20. The number of nitrogens with one attached hydrogen (secondary N) is 1. The van der Waals surface area contributed by atoms with Crippen LogP contribution in [0.5, 0.6) is 5.75 Å². The van der Waals surface area contributed by atoms with Gasteiger partial charge in [0.05, 0.1) is 17.7 Å². The molecule has 0 amide bonds. The maximum atomic E-state index is 11.6. The van der Waals surface area contributed by atoms with Gasteiger partial charge in [-0.3, -0.25) is 0 Å². The first-order valence-electron chi connectivity index (χ1n) is 6.01. The Morgan fingerprint density at radius 1 is 1.25 bits per heavy atom. The standard InChI is InChI=1S/C15H14ClNO3/c1-20-15(19)11-6-2-3-8-13(11)17-9-10-5-4-7-12(16)14(10)18/h2-8,17-18H,9H2,1H3. The average molecular weight is 292 g/mol. The van der Waals surface area contributed by atoms with Gasteiger partial charge in [0.2, 0.25) is 0 Å². The smallest absolute Gasteiger partial charge is 0.339 e. The Balaban J connectivity index is 2.19. The number of hydrogen-bond acceptors (Lipinski definition) is 4. The second-order valence-corrected chi connectivity index (χ2v) is 4.55. The minimum absolute atomic E-state index is 0.0391. The summed E-state index contributed by atoms with van der Waals surface area (Å²) in [6.07, 6.45) is 0. The van der Waals surface area contributed by atoms with Crippen LogP contribution in [0.3, 0.4) is 0 Å². The number of para-hydroxylation sites is 2. The Morgan fingerprint density at radius 2 is 2.00 bits per heavy atom. The van der Waals surface area contributed by atoms with Gasteiger partial charge in [-0.2, -0.15) is 0 Å². The Labute approximate surface area is 122 Å². The summed E-state index contributed by atoms with van der Waals surface area (Å²) in [6, 6.07) is 12.1. The van der Waals surface area contributed by atoms with Gasteiger partial charge in [-0.25, -0.2) is 4.79 Å². The third kappa shape index (κ3) is 3.03. The van der Waals surface area contributed by atoms with Crippen molar-refractivity contribution in [3.05, 3.63) is 58.6 Å². The summed E-state index contributed by atoms with van der Waals surface area (Å²) in [5.41, 5.74) is 1.73. The molecule has 0 unspecified atom stereocenters. The summed E-state index contributed by atoms with van der Waals surface area (Å²) < 4.78 is 4.72. The lowest BCUT2D eigenvalue weighted by molar-refractivity contribution is 0.0602. The summed E-state index contributed by atoms with van der Waals surface area (Å²) in [5, 5.41) is 13.2. The highest BCUT2D eigenvalue weighted by atomic mass is 35.5. The molecule has 0 aliphatic rings. The fourth-order valence-electron chi connectivity index (χ4n) is 1.82. The zero-order chi connectivity index (χ0) is 14.5. The van der Waals surface area contributed by atoms with Crippen molar-refractivity contribution in [3.63, 3.8) is 0 Å². The van der Waals surface area contributed by atoms with E-state index in [0.717, 1.165) is 0 Å². The number of anilines is 1. The maximum absolute atomic E-state index is 11.6. The van der Waals surface area contributed by atoms with E-state index in [9.17, 15) is 9.90 Å². The third-order valence-corrected chi connectivity index (χ3v) is 3.18. The highest BCUT2D eigenvalue weighted by Gasteiger charge is 2.11.